The fourth-order valence-corrected chi connectivity index (χ4v) is 3.31. The van der Waals surface area contributed by atoms with Crippen molar-refractivity contribution in [3.05, 3.63) is 35.4 Å². The maximum Gasteiger partial charge on any atom is 0.388 e. The van der Waals surface area contributed by atoms with Crippen LogP contribution < -0.4 is 4.74 Å². The molecule has 1 aliphatic rings. The van der Waals surface area contributed by atoms with Gasteiger partial charge >= 0.3 is 6.61 Å². The molecule has 3 rings (SSSR count). The molecular formula is C18H23F2N3O3. The van der Waals surface area contributed by atoms with Crippen molar-refractivity contribution in [3.8, 4) is 5.88 Å². The molecule has 0 radical (unpaired) electrons. The zero-order valence-corrected chi connectivity index (χ0v) is 15.0. The fraction of sp³-hybridized carbons (Fsp3) is 0.556. The van der Waals surface area contributed by atoms with E-state index >= 15 is 0 Å². The minimum absolute atomic E-state index is 0.0947. The van der Waals surface area contributed by atoms with Gasteiger partial charge in [-0.15, -0.1) is 0 Å². The molecule has 0 spiro atoms. The largest absolute Gasteiger partial charge is 0.464 e. The number of nitrogens with zero attached hydrogens (tertiary/aromatic N) is 3. The van der Waals surface area contributed by atoms with Crippen molar-refractivity contribution < 1.29 is 22.7 Å². The smallest absolute Gasteiger partial charge is 0.388 e. The van der Waals surface area contributed by atoms with Crippen LogP contribution in [-0.2, 0) is 13.5 Å². The summed E-state index contributed by atoms with van der Waals surface area (Å²) in [5.74, 6) is 1.20. The summed E-state index contributed by atoms with van der Waals surface area (Å²) in [7, 11) is 1.47. The third-order valence-electron chi connectivity index (χ3n) is 4.64. The minimum atomic E-state index is -2.96. The number of aromatic nitrogens is 2. The average molecular weight is 367 g/mol. The summed E-state index contributed by atoms with van der Waals surface area (Å²) in [6.45, 7) is -0.375. The second kappa shape index (κ2) is 7.88. The summed E-state index contributed by atoms with van der Waals surface area (Å²) in [6.07, 6.45) is 4.50. The summed E-state index contributed by atoms with van der Waals surface area (Å²) in [6, 6.07) is 4.93. The van der Waals surface area contributed by atoms with Gasteiger partial charge in [0.1, 0.15) is 11.5 Å². The van der Waals surface area contributed by atoms with E-state index in [4.69, 9.17) is 4.42 Å². The normalized spacial score (nSPS) is 18.2. The molecule has 0 bridgehead atoms. The van der Waals surface area contributed by atoms with Crippen molar-refractivity contribution in [3.63, 3.8) is 0 Å². The van der Waals surface area contributed by atoms with E-state index in [1.165, 1.54) is 13.1 Å². The van der Waals surface area contributed by atoms with Crippen LogP contribution in [0.4, 0.5) is 8.78 Å². The maximum atomic E-state index is 13.0. The highest BCUT2D eigenvalue weighted by atomic mass is 19.3. The Morgan fingerprint density at radius 1 is 1.38 bits per heavy atom. The first-order chi connectivity index (χ1) is 12.5. The Bertz CT molecular complexity index is 757. The quantitative estimate of drug-likeness (QED) is 0.803. The van der Waals surface area contributed by atoms with Gasteiger partial charge in [-0.25, -0.2) is 4.68 Å². The van der Waals surface area contributed by atoms with Crippen molar-refractivity contribution in [2.45, 2.75) is 51.7 Å². The molecule has 0 saturated carbocycles. The van der Waals surface area contributed by atoms with Gasteiger partial charge in [-0.05, 0) is 25.0 Å². The number of likely N-dealkylation sites (tertiary alicyclic amines) is 1. The highest BCUT2D eigenvalue weighted by molar-refractivity contribution is 5.93. The number of carbonyl (C=O) groups is 1. The Kier molecular flexibility index (Phi) is 5.58. The van der Waals surface area contributed by atoms with Crippen LogP contribution in [0.15, 0.2) is 22.6 Å². The minimum Gasteiger partial charge on any atom is -0.464 e. The SMILES string of the molecule is CCc1ccc(C2CCCCCN2C(=O)c2cc(OC(F)F)n(C)n2)o1. The van der Waals surface area contributed by atoms with Crippen molar-refractivity contribution in [1.82, 2.24) is 14.7 Å². The van der Waals surface area contributed by atoms with E-state index in [9.17, 15) is 13.6 Å². The molecule has 1 fully saturated rings. The number of rotatable bonds is 5. The molecular weight excluding hydrogens is 344 g/mol. The first kappa shape index (κ1) is 18.4. The number of alkyl halides is 2. The van der Waals surface area contributed by atoms with Crippen molar-refractivity contribution in [1.29, 1.82) is 0 Å². The van der Waals surface area contributed by atoms with Crippen LogP contribution in [-0.4, -0.2) is 33.7 Å². The average Bonchev–Trinajstić information content (AvgIpc) is 3.14. The molecule has 0 aliphatic carbocycles. The summed E-state index contributed by atoms with van der Waals surface area (Å²) >= 11 is 0. The molecule has 0 aromatic carbocycles. The van der Waals surface area contributed by atoms with Crippen LogP contribution in [0.1, 0.15) is 60.7 Å². The van der Waals surface area contributed by atoms with Crippen molar-refractivity contribution in [2.24, 2.45) is 7.05 Å². The summed E-state index contributed by atoms with van der Waals surface area (Å²) in [5.41, 5.74) is 0.0947. The van der Waals surface area contributed by atoms with Crippen LogP contribution in [0.25, 0.3) is 0 Å². The van der Waals surface area contributed by atoms with Crippen LogP contribution in [0.5, 0.6) is 5.88 Å². The van der Waals surface area contributed by atoms with Gasteiger partial charge in [0.2, 0.25) is 5.88 Å². The monoisotopic (exact) mass is 367 g/mol. The Balaban J connectivity index is 1.86. The Morgan fingerprint density at radius 2 is 2.19 bits per heavy atom. The lowest BCUT2D eigenvalue weighted by Crippen LogP contribution is -2.35. The molecule has 1 atom stereocenters. The number of aryl methyl sites for hydroxylation is 2. The zero-order valence-electron chi connectivity index (χ0n) is 15.0. The third-order valence-corrected chi connectivity index (χ3v) is 4.64. The van der Waals surface area contributed by atoms with Gasteiger partial charge in [-0.3, -0.25) is 4.79 Å². The molecule has 26 heavy (non-hydrogen) atoms. The van der Waals surface area contributed by atoms with Gasteiger partial charge in [0.15, 0.2) is 5.69 Å². The first-order valence-corrected chi connectivity index (χ1v) is 8.88. The highest BCUT2D eigenvalue weighted by Gasteiger charge is 2.31. The lowest BCUT2D eigenvalue weighted by Gasteiger charge is -2.28. The van der Waals surface area contributed by atoms with Crippen LogP contribution in [0.2, 0.25) is 0 Å². The van der Waals surface area contributed by atoms with Gasteiger partial charge in [-0.2, -0.15) is 13.9 Å². The van der Waals surface area contributed by atoms with Gasteiger partial charge in [-0.1, -0.05) is 19.8 Å². The number of amides is 1. The van der Waals surface area contributed by atoms with E-state index in [1.54, 1.807) is 4.90 Å². The van der Waals surface area contributed by atoms with E-state index in [0.29, 0.717) is 6.54 Å². The third kappa shape index (κ3) is 3.89. The molecule has 8 heteroatoms. The highest BCUT2D eigenvalue weighted by Crippen LogP contribution is 2.33. The lowest BCUT2D eigenvalue weighted by molar-refractivity contribution is -0.0553. The number of halogens is 2. The molecule has 2 aromatic rings. The zero-order chi connectivity index (χ0) is 18.7. The molecule has 3 heterocycles. The lowest BCUT2D eigenvalue weighted by atomic mass is 10.1. The fourth-order valence-electron chi connectivity index (χ4n) is 3.31. The summed E-state index contributed by atoms with van der Waals surface area (Å²) in [5, 5.41) is 4.06. The van der Waals surface area contributed by atoms with Crippen LogP contribution in [0, 0.1) is 0 Å². The molecule has 1 saturated heterocycles. The Hall–Kier alpha value is -2.38. The molecule has 6 nitrogen and oxygen atoms in total. The Labute approximate surface area is 150 Å². The van der Waals surface area contributed by atoms with E-state index in [1.807, 2.05) is 19.1 Å². The molecule has 1 unspecified atom stereocenters. The van der Waals surface area contributed by atoms with Crippen molar-refractivity contribution >= 4 is 5.91 Å². The van der Waals surface area contributed by atoms with E-state index in [-0.39, 0.29) is 23.5 Å². The molecule has 2 aromatic heterocycles. The second-order valence-corrected chi connectivity index (χ2v) is 6.39. The summed E-state index contributed by atoms with van der Waals surface area (Å²) < 4.78 is 36.4. The Morgan fingerprint density at radius 3 is 2.88 bits per heavy atom. The molecule has 1 aliphatic heterocycles. The van der Waals surface area contributed by atoms with Gasteiger partial charge in [0.05, 0.1) is 6.04 Å². The van der Waals surface area contributed by atoms with E-state index < -0.39 is 6.61 Å². The predicted molar refractivity (Wildman–Crippen MR) is 90.2 cm³/mol. The number of hydrogen-bond acceptors (Lipinski definition) is 4. The summed E-state index contributed by atoms with van der Waals surface area (Å²) in [4.78, 5) is 14.8. The van der Waals surface area contributed by atoms with Crippen LogP contribution in [0.3, 0.4) is 0 Å². The first-order valence-electron chi connectivity index (χ1n) is 8.88. The number of carbonyl (C=O) groups excluding carboxylic acids is 1. The second-order valence-electron chi connectivity index (χ2n) is 6.39. The number of furan rings is 1. The maximum absolute atomic E-state index is 13.0. The van der Waals surface area contributed by atoms with Crippen LogP contribution >= 0.6 is 0 Å². The van der Waals surface area contributed by atoms with Gasteiger partial charge < -0.3 is 14.1 Å². The van der Waals surface area contributed by atoms with E-state index in [2.05, 4.69) is 9.84 Å². The number of ether oxygens (including phenoxy) is 1. The van der Waals surface area contributed by atoms with Crippen molar-refractivity contribution in [2.75, 3.05) is 6.54 Å². The predicted octanol–water partition coefficient (Wildman–Crippen LogP) is 3.93. The standard InChI is InChI=1S/C18H23F2N3O3/c1-3-12-8-9-15(25-12)14-7-5-4-6-10-23(14)17(24)13-11-16(22(2)21-13)26-18(19)20/h8-9,11,14,18H,3-7,10H2,1-2H3. The topological polar surface area (TPSA) is 60.5 Å². The van der Waals surface area contributed by atoms with Gasteiger partial charge in [0, 0.05) is 26.1 Å². The number of hydrogen-bond donors (Lipinski definition) is 0. The molecule has 1 amide bonds. The molecule has 142 valence electrons. The van der Waals surface area contributed by atoms with Gasteiger partial charge in [0.25, 0.3) is 5.91 Å². The van der Waals surface area contributed by atoms with E-state index in [0.717, 1.165) is 48.3 Å². The molecule has 0 N–H and O–H groups in total.